The van der Waals surface area contributed by atoms with Gasteiger partial charge in [-0.1, -0.05) is 66.7 Å². The van der Waals surface area contributed by atoms with Crippen molar-refractivity contribution >= 4 is 5.97 Å². The normalized spacial score (nSPS) is 20.2. The summed E-state index contributed by atoms with van der Waals surface area (Å²) < 4.78 is 17.1. The molecule has 0 aliphatic heterocycles. The molecule has 5 heteroatoms. The third kappa shape index (κ3) is 6.39. The van der Waals surface area contributed by atoms with E-state index in [4.69, 9.17) is 14.2 Å². The number of benzene rings is 3. The van der Waals surface area contributed by atoms with Crippen molar-refractivity contribution < 1.29 is 19.0 Å². The summed E-state index contributed by atoms with van der Waals surface area (Å²) in [6.45, 7) is 8.74. The molecule has 1 saturated carbocycles. The molecule has 3 aromatic rings. The molecule has 0 aromatic heterocycles. The molecule has 3 aromatic carbocycles. The van der Waals surface area contributed by atoms with Crippen molar-refractivity contribution in [3.8, 4) is 11.5 Å². The highest BCUT2D eigenvalue weighted by molar-refractivity contribution is 5.75. The second-order valence-electron chi connectivity index (χ2n) is 11.2. The molecule has 0 radical (unpaired) electrons. The van der Waals surface area contributed by atoms with E-state index in [1.54, 1.807) is 14.2 Å². The number of hydrogen-bond acceptors (Lipinski definition) is 5. The molecule has 0 amide bonds. The first kappa shape index (κ1) is 27.7. The number of esters is 1. The van der Waals surface area contributed by atoms with Gasteiger partial charge in [-0.2, -0.15) is 0 Å². The van der Waals surface area contributed by atoms with E-state index < -0.39 is 5.60 Å². The highest BCUT2D eigenvalue weighted by Gasteiger charge is 2.47. The molecule has 0 heterocycles. The van der Waals surface area contributed by atoms with E-state index in [2.05, 4.69) is 66.4 Å². The smallest absolute Gasteiger partial charge is 0.311 e. The molecular formula is C33H41NO4. The van der Waals surface area contributed by atoms with E-state index in [0.29, 0.717) is 18.0 Å². The van der Waals surface area contributed by atoms with Crippen molar-refractivity contribution in [3.05, 3.63) is 95.6 Å². The third-order valence-corrected chi connectivity index (χ3v) is 7.55. The zero-order chi connectivity index (χ0) is 27.3. The third-order valence-electron chi connectivity index (χ3n) is 7.55. The molecule has 0 saturated heterocycles. The molecule has 202 valence electrons. The number of carbonyl (C=O) groups is 1. The van der Waals surface area contributed by atoms with Gasteiger partial charge in [-0.3, -0.25) is 9.69 Å². The van der Waals surface area contributed by atoms with Crippen LogP contribution in [0, 0.1) is 5.92 Å². The van der Waals surface area contributed by atoms with Crippen LogP contribution in [0.25, 0.3) is 0 Å². The number of methoxy groups -OCH3 is 2. The first-order valence-corrected chi connectivity index (χ1v) is 13.5. The zero-order valence-corrected chi connectivity index (χ0v) is 23.5. The Balaban J connectivity index is 1.75. The fraction of sp³-hybridized carbons (Fsp3) is 0.424. The van der Waals surface area contributed by atoms with Crippen molar-refractivity contribution in [2.24, 2.45) is 5.92 Å². The topological polar surface area (TPSA) is 48.0 Å². The summed E-state index contributed by atoms with van der Waals surface area (Å²) in [5.41, 5.74) is 2.98. The monoisotopic (exact) mass is 515 g/mol. The summed E-state index contributed by atoms with van der Waals surface area (Å²) in [7, 11) is 3.31. The second-order valence-corrected chi connectivity index (χ2v) is 11.2. The minimum absolute atomic E-state index is 0.0124. The van der Waals surface area contributed by atoms with Crippen LogP contribution < -0.4 is 9.47 Å². The standard InChI is InChI=1S/C33H41NO4/c1-23(25-13-9-7-10-14-25)34(22-24-17-20-29(36-5)30(21-24)37-6)28-19-18-27(26-15-11-8-12-16-26)31(28)32(35)38-33(2,3)4/h7-17,20-21,23,27-28,31H,18-19,22H2,1-6H3/t23-,27+,28+,31-/m0/s1. The quantitative estimate of drug-likeness (QED) is 0.283. The molecule has 1 aliphatic rings. The second kappa shape index (κ2) is 12.0. The number of carbonyl (C=O) groups excluding carboxylic acids is 1. The Hall–Kier alpha value is -3.31. The fourth-order valence-electron chi connectivity index (χ4n) is 5.77. The Bertz CT molecular complexity index is 1190. The lowest BCUT2D eigenvalue weighted by molar-refractivity contribution is -0.162. The average Bonchev–Trinajstić information content (AvgIpc) is 3.36. The van der Waals surface area contributed by atoms with Crippen LogP contribution in [0.1, 0.15) is 69.2 Å². The van der Waals surface area contributed by atoms with E-state index >= 15 is 0 Å². The summed E-state index contributed by atoms with van der Waals surface area (Å²) in [6, 6.07) is 27.1. The van der Waals surface area contributed by atoms with Gasteiger partial charge >= 0.3 is 5.97 Å². The summed E-state index contributed by atoms with van der Waals surface area (Å²) in [5.74, 6) is 1.12. The van der Waals surface area contributed by atoms with Gasteiger partial charge < -0.3 is 14.2 Å². The van der Waals surface area contributed by atoms with Crippen LogP contribution in [0.15, 0.2) is 78.9 Å². The van der Waals surface area contributed by atoms with Gasteiger partial charge in [-0.25, -0.2) is 0 Å². The Kier molecular flexibility index (Phi) is 8.78. The predicted molar refractivity (Wildman–Crippen MR) is 151 cm³/mol. The van der Waals surface area contributed by atoms with Crippen molar-refractivity contribution in [2.75, 3.05) is 14.2 Å². The Morgan fingerprint density at radius 1 is 0.895 bits per heavy atom. The number of rotatable bonds is 9. The van der Waals surface area contributed by atoms with E-state index in [0.717, 1.165) is 18.4 Å². The average molecular weight is 516 g/mol. The molecule has 38 heavy (non-hydrogen) atoms. The Labute approximate surface area is 227 Å². The fourth-order valence-corrected chi connectivity index (χ4v) is 5.77. The summed E-state index contributed by atoms with van der Waals surface area (Å²) in [5, 5.41) is 0. The first-order chi connectivity index (χ1) is 18.2. The van der Waals surface area contributed by atoms with Crippen molar-refractivity contribution in [1.82, 2.24) is 4.90 Å². The van der Waals surface area contributed by atoms with Gasteiger partial charge in [-0.05, 0) is 75.3 Å². The lowest BCUT2D eigenvalue weighted by Gasteiger charge is -2.39. The lowest BCUT2D eigenvalue weighted by atomic mass is 9.86. The number of ether oxygens (including phenoxy) is 3. The molecule has 4 rings (SSSR count). The van der Waals surface area contributed by atoms with Crippen LogP contribution >= 0.6 is 0 Å². The van der Waals surface area contributed by atoms with Crippen molar-refractivity contribution in [1.29, 1.82) is 0 Å². The highest BCUT2D eigenvalue weighted by Crippen LogP contribution is 2.46. The van der Waals surface area contributed by atoms with Crippen molar-refractivity contribution in [2.45, 2.75) is 70.7 Å². The maximum absolute atomic E-state index is 13.9. The number of nitrogens with zero attached hydrogens (tertiary/aromatic N) is 1. The van der Waals surface area contributed by atoms with Gasteiger partial charge in [0.15, 0.2) is 11.5 Å². The van der Waals surface area contributed by atoms with Crippen LogP contribution in [0.2, 0.25) is 0 Å². The minimum Gasteiger partial charge on any atom is -0.493 e. The molecule has 5 nitrogen and oxygen atoms in total. The van der Waals surface area contributed by atoms with E-state index in [-0.39, 0.29) is 29.9 Å². The van der Waals surface area contributed by atoms with E-state index in [1.807, 2.05) is 45.0 Å². The SMILES string of the molecule is COc1ccc(CN([C@@H]2CC[C@H](c3ccccc3)[C@@H]2C(=O)OC(C)(C)C)[C@@H](C)c2ccccc2)cc1OC. The molecule has 0 unspecified atom stereocenters. The van der Waals surface area contributed by atoms with Gasteiger partial charge in [0.25, 0.3) is 0 Å². The van der Waals surface area contributed by atoms with Crippen LogP contribution in [0.5, 0.6) is 11.5 Å². The maximum Gasteiger partial charge on any atom is 0.311 e. The predicted octanol–water partition coefficient (Wildman–Crippen LogP) is 7.17. The molecule has 0 N–H and O–H groups in total. The van der Waals surface area contributed by atoms with Crippen LogP contribution in [-0.2, 0) is 16.1 Å². The largest absolute Gasteiger partial charge is 0.493 e. The molecular weight excluding hydrogens is 474 g/mol. The van der Waals surface area contributed by atoms with Crippen molar-refractivity contribution in [3.63, 3.8) is 0 Å². The maximum atomic E-state index is 13.9. The van der Waals surface area contributed by atoms with E-state index in [9.17, 15) is 4.79 Å². The van der Waals surface area contributed by atoms with Gasteiger partial charge in [0.1, 0.15) is 5.60 Å². The molecule has 0 bridgehead atoms. The van der Waals surface area contributed by atoms with Gasteiger partial charge in [0.2, 0.25) is 0 Å². The summed E-state index contributed by atoms with van der Waals surface area (Å²) >= 11 is 0. The van der Waals surface area contributed by atoms with Crippen LogP contribution in [0.4, 0.5) is 0 Å². The van der Waals surface area contributed by atoms with Crippen LogP contribution in [-0.4, -0.2) is 36.7 Å². The first-order valence-electron chi connectivity index (χ1n) is 13.5. The zero-order valence-electron chi connectivity index (χ0n) is 23.5. The van der Waals surface area contributed by atoms with Gasteiger partial charge in [-0.15, -0.1) is 0 Å². The molecule has 1 aliphatic carbocycles. The molecule has 4 atom stereocenters. The highest BCUT2D eigenvalue weighted by atomic mass is 16.6. The van der Waals surface area contributed by atoms with Gasteiger partial charge in [0.05, 0.1) is 20.1 Å². The Morgan fingerprint density at radius 2 is 1.53 bits per heavy atom. The number of hydrogen-bond donors (Lipinski definition) is 0. The Morgan fingerprint density at radius 3 is 2.13 bits per heavy atom. The summed E-state index contributed by atoms with van der Waals surface area (Å²) in [4.78, 5) is 16.3. The summed E-state index contributed by atoms with van der Waals surface area (Å²) in [6.07, 6.45) is 1.84. The molecule has 0 spiro atoms. The van der Waals surface area contributed by atoms with Crippen LogP contribution in [0.3, 0.4) is 0 Å². The molecule has 1 fully saturated rings. The minimum atomic E-state index is -0.551. The lowest BCUT2D eigenvalue weighted by Crippen LogP contribution is -2.44. The van der Waals surface area contributed by atoms with E-state index in [1.165, 1.54) is 11.1 Å². The van der Waals surface area contributed by atoms with Gasteiger partial charge in [0, 0.05) is 18.6 Å².